The van der Waals surface area contributed by atoms with Gasteiger partial charge in [0.15, 0.2) is 5.65 Å². The summed E-state index contributed by atoms with van der Waals surface area (Å²) in [6.45, 7) is 2.06. The molecule has 0 saturated carbocycles. The molecule has 0 fully saturated rings. The fraction of sp³-hybridized carbons (Fsp3) is 0.286. The summed E-state index contributed by atoms with van der Waals surface area (Å²) in [7, 11) is 2.02. The molecule has 0 radical (unpaired) electrons. The van der Waals surface area contributed by atoms with Crippen molar-refractivity contribution < 1.29 is 0 Å². The van der Waals surface area contributed by atoms with E-state index in [9.17, 15) is 0 Å². The summed E-state index contributed by atoms with van der Waals surface area (Å²) in [6, 6.07) is 2.06. The highest BCUT2D eigenvalue weighted by Crippen LogP contribution is 2.04. The predicted octanol–water partition coefficient (Wildman–Crippen LogP) is 0.981. The van der Waals surface area contributed by atoms with Crippen LogP contribution < -0.4 is 0 Å². The molecule has 0 spiro atoms. The van der Waals surface area contributed by atoms with Gasteiger partial charge in [-0.25, -0.2) is 9.50 Å². The molecule has 0 bridgehead atoms. The molecule has 0 aliphatic heterocycles. The van der Waals surface area contributed by atoms with E-state index in [0.717, 1.165) is 5.65 Å². The molecule has 3 nitrogen and oxygen atoms in total. The number of nitrogens with zero attached hydrogens (tertiary/aromatic N) is 3. The first-order valence-electron chi connectivity index (χ1n) is 3.25. The van der Waals surface area contributed by atoms with E-state index in [-0.39, 0.29) is 0 Å². The largest absolute Gasteiger partial charge is 0.287 e. The second kappa shape index (κ2) is 1.62. The van der Waals surface area contributed by atoms with E-state index in [0.29, 0.717) is 0 Å². The average molecular weight is 135 g/mol. The van der Waals surface area contributed by atoms with Crippen molar-refractivity contribution in [1.82, 2.24) is 14.2 Å². The Bertz CT molecular complexity index is 356. The summed E-state index contributed by atoms with van der Waals surface area (Å²) in [4.78, 5) is 4.14. The minimum Gasteiger partial charge on any atom is -0.287 e. The monoisotopic (exact) mass is 135 g/mol. The van der Waals surface area contributed by atoms with E-state index in [1.54, 1.807) is 6.20 Å². The van der Waals surface area contributed by atoms with Gasteiger partial charge in [-0.15, -0.1) is 0 Å². The summed E-state index contributed by atoms with van der Waals surface area (Å²) < 4.78 is 4.07. The topological polar surface area (TPSA) is 22.2 Å². The van der Waals surface area contributed by atoms with Crippen molar-refractivity contribution >= 4 is 5.65 Å². The molecule has 10 heavy (non-hydrogen) atoms. The first-order valence-corrected chi connectivity index (χ1v) is 3.25. The number of hydrogen-bond acceptors (Lipinski definition) is 1. The van der Waals surface area contributed by atoms with Gasteiger partial charge in [-0.05, 0) is 6.92 Å². The lowest BCUT2D eigenvalue weighted by Gasteiger charge is -1.95. The highest BCUT2D eigenvalue weighted by atomic mass is 15.4. The maximum Gasteiger partial charge on any atom is 0.153 e. The fourth-order valence-corrected chi connectivity index (χ4v) is 1.12. The van der Waals surface area contributed by atoms with Crippen molar-refractivity contribution in [1.29, 1.82) is 0 Å². The van der Waals surface area contributed by atoms with Crippen molar-refractivity contribution in [2.45, 2.75) is 6.92 Å². The fourth-order valence-electron chi connectivity index (χ4n) is 1.12. The minimum absolute atomic E-state index is 1.01. The molecule has 2 aromatic heterocycles. The van der Waals surface area contributed by atoms with Crippen LogP contribution in [-0.2, 0) is 7.05 Å². The van der Waals surface area contributed by atoms with E-state index in [1.807, 2.05) is 17.8 Å². The molecule has 0 N–H and O–H groups in total. The molecule has 2 rings (SSSR count). The Morgan fingerprint density at radius 3 is 3.00 bits per heavy atom. The Morgan fingerprint density at radius 1 is 1.50 bits per heavy atom. The van der Waals surface area contributed by atoms with Crippen molar-refractivity contribution in [3.8, 4) is 0 Å². The van der Waals surface area contributed by atoms with Gasteiger partial charge < -0.3 is 0 Å². The molecular formula is C7H9N3. The van der Waals surface area contributed by atoms with E-state index < -0.39 is 0 Å². The lowest BCUT2D eigenvalue weighted by atomic mass is 10.5. The Morgan fingerprint density at radius 2 is 2.30 bits per heavy atom. The third kappa shape index (κ3) is 0.518. The molecule has 2 heterocycles. The molecule has 0 saturated heterocycles. The second-order valence-electron chi connectivity index (χ2n) is 2.44. The first-order chi connectivity index (χ1) is 4.79. The van der Waals surface area contributed by atoms with Gasteiger partial charge in [-0.2, -0.15) is 0 Å². The lowest BCUT2D eigenvalue weighted by Crippen LogP contribution is -1.98. The van der Waals surface area contributed by atoms with Crippen molar-refractivity contribution in [3.63, 3.8) is 0 Å². The van der Waals surface area contributed by atoms with Crippen LogP contribution in [0.2, 0.25) is 0 Å². The summed E-state index contributed by atoms with van der Waals surface area (Å²) >= 11 is 0. The molecule has 3 heteroatoms. The van der Waals surface area contributed by atoms with Crippen LogP contribution in [0.5, 0.6) is 0 Å². The Labute approximate surface area is 58.9 Å². The maximum absolute atomic E-state index is 4.14. The van der Waals surface area contributed by atoms with Crippen LogP contribution in [-0.4, -0.2) is 14.2 Å². The quantitative estimate of drug-likeness (QED) is 0.528. The number of aromatic nitrogens is 3. The van der Waals surface area contributed by atoms with Crippen LogP contribution in [0.25, 0.3) is 5.65 Å². The molecule has 0 atom stereocenters. The molecule has 2 aromatic rings. The van der Waals surface area contributed by atoms with E-state index in [4.69, 9.17) is 0 Å². The molecule has 0 aromatic carbocycles. The Balaban J connectivity index is 2.95. The number of hydrogen-bond donors (Lipinski definition) is 0. The van der Waals surface area contributed by atoms with Crippen LogP contribution in [0.1, 0.15) is 5.69 Å². The van der Waals surface area contributed by atoms with Crippen molar-refractivity contribution in [2.24, 2.45) is 7.05 Å². The lowest BCUT2D eigenvalue weighted by molar-refractivity contribution is 0.685. The van der Waals surface area contributed by atoms with Gasteiger partial charge in [0.1, 0.15) is 0 Å². The summed E-state index contributed by atoms with van der Waals surface area (Å²) in [5, 5.41) is 0. The molecule has 52 valence electrons. The van der Waals surface area contributed by atoms with Gasteiger partial charge in [-0.1, -0.05) is 0 Å². The average Bonchev–Trinajstić information content (AvgIpc) is 2.41. The third-order valence-corrected chi connectivity index (χ3v) is 1.82. The SMILES string of the molecule is Cc1cc2nccn2n1C. The summed E-state index contributed by atoms with van der Waals surface area (Å²) in [5.74, 6) is 0. The molecule has 0 amide bonds. The van der Waals surface area contributed by atoms with Gasteiger partial charge in [-0.3, -0.25) is 4.68 Å². The standard InChI is InChI=1S/C7H9N3/c1-6-5-7-8-3-4-10(7)9(6)2/h3-5H,1-2H3. The zero-order chi connectivity index (χ0) is 7.14. The maximum atomic E-state index is 4.14. The van der Waals surface area contributed by atoms with Gasteiger partial charge in [0.2, 0.25) is 0 Å². The molecule has 0 aliphatic carbocycles. The normalized spacial score (nSPS) is 11.0. The number of fused-ring (bicyclic) bond motifs is 1. The van der Waals surface area contributed by atoms with Crippen molar-refractivity contribution in [3.05, 3.63) is 24.2 Å². The highest BCUT2D eigenvalue weighted by Gasteiger charge is 1.98. The van der Waals surface area contributed by atoms with E-state index >= 15 is 0 Å². The minimum atomic E-state index is 1.01. The van der Waals surface area contributed by atoms with Crippen LogP contribution in [0.3, 0.4) is 0 Å². The van der Waals surface area contributed by atoms with Crippen LogP contribution in [0.4, 0.5) is 0 Å². The molecule has 0 aliphatic rings. The number of rotatable bonds is 0. The highest BCUT2D eigenvalue weighted by molar-refractivity contribution is 5.39. The van der Waals surface area contributed by atoms with Crippen LogP contribution >= 0.6 is 0 Å². The van der Waals surface area contributed by atoms with Crippen molar-refractivity contribution in [2.75, 3.05) is 0 Å². The van der Waals surface area contributed by atoms with Gasteiger partial charge in [0.05, 0.1) is 0 Å². The zero-order valence-electron chi connectivity index (χ0n) is 6.07. The number of imidazole rings is 1. The molecular weight excluding hydrogens is 126 g/mol. The molecule has 0 unspecified atom stereocenters. The number of aryl methyl sites for hydroxylation is 2. The predicted molar refractivity (Wildman–Crippen MR) is 38.9 cm³/mol. The first kappa shape index (κ1) is 5.53. The van der Waals surface area contributed by atoms with Gasteiger partial charge in [0, 0.05) is 31.2 Å². The summed E-state index contributed by atoms with van der Waals surface area (Å²) in [5.41, 5.74) is 2.24. The second-order valence-corrected chi connectivity index (χ2v) is 2.44. The van der Waals surface area contributed by atoms with E-state index in [1.165, 1.54) is 5.69 Å². The Hall–Kier alpha value is -1.25. The van der Waals surface area contributed by atoms with E-state index in [2.05, 4.69) is 22.7 Å². The third-order valence-electron chi connectivity index (χ3n) is 1.82. The van der Waals surface area contributed by atoms with Gasteiger partial charge >= 0.3 is 0 Å². The van der Waals surface area contributed by atoms with Crippen LogP contribution in [0.15, 0.2) is 18.5 Å². The van der Waals surface area contributed by atoms with Crippen LogP contribution in [0, 0.1) is 6.92 Å². The Kier molecular flexibility index (Phi) is 0.897. The van der Waals surface area contributed by atoms with Gasteiger partial charge in [0.25, 0.3) is 0 Å². The summed E-state index contributed by atoms with van der Waals surface area (Å²) in [6.07, 6.45) is 3.75. The smallest absolute Gasteiger partial charge is 0.153 e. The zero-order valence-corrected chi connectivity index (χ0v) is 6.07.